The van der Waals surface area contributed by atoms with Crippen molar-refractivity contribution in [3.05, 3.63) is 35.6 Å². The van der Waals surface area contributed by atoms with Gasteiger partial charge in [-0.25, -0.2) is 4.39 Å². The Bertz CT molecular complexity index is 287. The van der Waals surface area contributed by atoms with Gasteiger partial charge in [-0.2, -0.15) is 0 Å². The number of methoxy groups -OCH3 is 1. The topological polar surface area (TPSA) is 9.23 Å². The lowest BCUT2D eigenvalue weighted by Gasteiger charge is -2.13. The minimum atomic E-state index is -0.169. The third-order valence-corrected chi connectivity index (χ3v) is 2.73. The summed E-state index contributed by atoms with van der Waals surface area (Å²) in [6.07, 6.45) is 2.32. The first-order valence-corrected chi connectivity index (χ1v) is 4.52. The number of hydrogen-bond acceptors (Lipinski definition) is 1. The fourth-order valence-electron chi connectivity index (χ4n) is 1.75. The molecular formula is C11H13FO. The number of rotatable bonds is 3. The fourth-order valence-corrected chi connectivity index (χ4v) is 1.75. The van der Waals surface area contributed by atoms with Gasteiger partial charge in [-0.1, -0.05) is 12.1 Å². The van der Waals surface area contributed by atoms with Gasteiger partial charge in [-0.15, -0.1) is 0 Å². The highest BCUT2D eigenvalue weighted by atomic mass is 19.1. The Hall–Kier alpha value is -0.890. The van der Waals surface area contributed by atoms with Crippen molar-refractivity contribution >= 4 is 0 Å². The fraction of sp³-hybridized carbons (Fsp3) is 0.455. The highest BCUT2D eigenvalue weighted by Crippen LogP contribution is 2.48. The number of hydrogen-bond donors (Lipinski definition) is 0. The minimum absolute atomic E-state index is 0.169. The van der Waals surface area contributed by atoms with Crippen molar-refractivity contribution in [1.82, 2.24) is 0 Å². The zero-order chi connectivity index (χ0) is 9.31. The molecule has 70 valence electrons. The van der Waals surface area contributed by atoms with E-state index in [1.54, 1.807) is 7.11 Å². The smallest absolute Gasteiger partial charge is 0.123 e. The van der Waals surface area contributed by atoms with Crippen LogP contribution in [0.1, 0.15) is 18.4 Å². The van der Waals surface area contributed by atoms with Crippen molar-refractivity contribution in [2.75, 3.05) is 13.7 Å². The van der Waals surface area contributed by atoms with Gasteiger partial charge >= 0.3 is 0 Å². The molecule has 1 nitrogen and oxygen atoms in total. The zero-order valence-corrected chi connectivity index (χ0v) is 7.72. The van der Waals surface area contributed by atoms with E-state index in [9.17, 15) is 4.39 Å². The summed E-state index contributed by atoms with van der Waals surface area (Å²) in [6, 6.07) is 6.76. The second-order valence-corrected chi connectivity index (χ2v) is 3.72. The quantitative estimate of drug-likeness (QED) is 0.694. The maximum atomic E-state index is 12.6. The van der Waals surface area contributed by atoms with Gasteiger partial charge in [0.2, 0.25) is 0 Å². The summed E-state index contributed by atoms with van der Waals surface area (Å²) in [6.45, 7) is 0.749. The standard InChI is InChI=1S/C11H13FO/c1-13-8-11(6-7-11)9-2-4-10(12)5-3-9/h2-5H,6-8H2,1H3. The summed E-state index contributed by atoms with van der Waals surface area (Å²) in [5, 5.41) is 0. The van der Waals surface area contributed by atoms with Crippen molar-refractivity contribution in [3.63, 3.8) is 0 Å². The van der Waals surface area contributed by atoms with E-state index in [2.05, 4.69) is 0 Å². The molecule has 13 heavy (non-hydrogen) atoms. The second-order valence-electron chi connectivity index (χ2n) is 3.72. The molecule has 0 aromatic heterocycles. The molecule has 0 unspecified atom stereocenters. The molecule has 0 heterocycles. The molecule has 1 aliphatic carbocycles. The Labute approximate surface area is 77.5 Å². The predicted molar refractivity (Wildman–Crippen MR) is 49.2 cm³/mol. The van der Waals surface area contributed by atoms with E-state index in [4.69, 9.17) is 4.74 Å². The largest absolute Gasteiger partial charge is 0.384 e. The first kappa shape index (κ1) is 8.70. The first-order chi connectivity index (χ1) is 6.27. The van der Waals surface area contributed by atoms with Crippen LogP contribution in [0.4, 0.5) is 4.39 Å². The van der Waals surface area contributed by atoms with Gasteiger partial charge in [0.1, 0.15) is 5.82 Å². The van der Waals surface area contributed by atoms with Crippen LogP contribution in [0.25, 0.3) is 0 Å². The Morgan fingerprint density at radius 2 is 1.92 bits per heavy atom. The summed E-state index contributed by atoms with van der Waals surface area (Å²) in [4.78, 5) is 0. The van der Waals surface area contributed by atoms with Crippen molar-refractivity contribution in [1.29, 1.82) is 0 Å². The van der Waals surface area contributed by atoms with E-state index >= 15 is 0 Å². The lowest BCUT2D eigenvalue weighted by Crippen LogP contribution is -2.13. The van der Waals surface area contributed by atoms with Gasteiger partial charge in [0.15, 0.2) is 0 Å². The van der Waals surface area contributed by atoms with Crippen LogP contribution in [-0.2, 0) is 10.2 Å². The predicted octanol–water partition coefficient (Wildman–Crippen LogP) is 2.50. The Morgan fingerprint density at radius 3 is 2.38 bits per heavy atom. The van der Waals surface area contributed by atoms with Crippen LogP contribution in [0.5, 0.6) is 0 Å². The molecule has 2 heteroatoms. The Morgan fingerprint density at radius 1 is 1.31 bits per heavy atom. The molecule has 2 rings (SSSR count). The maximum Gasteiger partial charge on any atom is 0.123 e. The van der Waals surface area contributed by atoms with Crippen LogP contribution in [0.3, 0.4) is 0 Å². The monoisotopic (exact) mass is 180 g/mol. The van der Waals surface area contributed by atoms with Crippen molar-refractivity contribution in [3.8, 4) is 0 Å². The average Bonchev–Trinajstić information content (AvgIpc) is 2.87. The van der Waals surface area contributed by atoms with Crippen LogP contribution < -0.4 is 0 Å². The van der Waals surface area contributed by atoms with Gasteiger partial charge in [0, 0.05) is 12.5 Å². The highest BCUT2D eigenvalue weighted by molar-refractivity contribution is 5.31. The van der Waals surface area contributed by atoms with Crippen LogP contribution in [0.2, 0.25) is 0 Å². The van der Waals surface area contributed by atoms with Gasteiger partial charge in [-0.3, -0.25) is 0 Å². The molecule has 0 atom stereocenters. The summed E-state index contributed by atoms with van der Waals surface area (Å²) < 4.78 is 17.8. The van der Waals surface area contributed by atoms with Crippen molar-refractivity contribution in [2.24, 2.45) is 0 Å². The van der Waals surface area contributed by atoms with Gasteiger partial charge in [0.25, 0.3) is 0 Å². The summed E-state index contributed by atoms with van der Waals surface area (Å²) in [7, 11) is 1.71. The van der Waals surface area contributed by atoms with Crippen LogP contribution in [-0.4, -0.2) is 13.7 Å². The summed E-state index contributed by atoms with van der Waals surface area (Å²) in [5.41, 5.74) is 1.40. The first-order valence-electron chi connectivity index (χ1n) is 4.52. The van der Waals surface area contributed by atoms with Crippen LogP contribution in [0, 0.1) is 5.82 Å². The molecule has 0 saturated heterocycles. The van der Waals surface area contributed by atoms with E-state index in [1.165, 1.54) is 17.7 Å². The Balaban J connectivity index is 2.20. The Kier molecular flexibility index (Phi) is 2.08. The molecule has 0 radical (unpaired) electrons. The zero-order valence-electron chi connectivity index (χ0n) is 7.72. The van der Waals surface area contributed by atoms with E-state index in [-0.39, 0.29) is 11.2 Å². The average molecular weight is 180 g/mol. The SMILES string of the molecule is COCC1(c2ccc(F)cc2)CC1. The molecule has 0 bridgehead atoms. The molecule has 0 spiro atoms. The maximum absolute atomic E-state index is 12.6. The molecule has 1 aliphatic rings. The molecule has 1 aromatic carbocycles. The third kappa shape index (κ3) is 1.59. The molecule has 0 N–H and O–H groups in total. The molecular weight excluding hydrogens is 167 g/mol. The van der Waals surface area contributed by atoms with Gasteiger partial charge in [0.05, 0.1) is 6.61 Å². The van der Waals surface area contributed by atoms with Crippen LogP contribution in [0.15, 0.2) is 24.3 Å². The minimum Gasteiger partial charge on any atom is -0.384 e. The molecule has 0 aliphatic heterocycles. The lowest BCUT2D eigenvalue weighted by atomic mass is 9.97. The highest BCUT2D eigenvalue weighted by Gasteiger charge is 2.44. The normalized spacial score (nSPS) is 18.6. The van der Waals surface area contributed by atoms with E-state index in [0.717, 1.165) is 19.4 Å². The number of ether oxygens (including phenoxy) is 1. The molecule has 0 amide bonds. The molecule has 1 aromatic rings. The van der Waals surface area contributed by atoms with Crippen molar-refractivity contribution < 1.29 is 9.13 Å². The van der Waals surface area contributed by atoms with Gasteiger partial charge in [-0.05, 0) is 30.5 Å². The lowest BCUT2D eigenvalue weighted by molar-refractivity contribution is 0.171. The van der Waals surface area contributed by atoms with Crippen molar-refractivity contribution in [2.45, 2.75) is 18.3 Å². The van der Waals surface area contributed by atoms with E-state index in [0.29, 0.717) is 0 Å². The number of halogens is 1. The van der Waals surface area contributed by atoms with Gasteiger partial charge < -0.3 is 4.74 Å². The number of benzene rings is 1. The van der Waals surface area contributed by atoms with E-state index in [1.807, 2.05) is 12.1 Å². The summed E-state index contributed by atoms with van der Waals surface area (Å²) in [5.74, 6) is -0.169. The second kappa shape index (κ2) is 3.11. The molecule has 1 fully saturated rings. The van der Waals surface area contributed by atoms with Crippen LogP contribution >= 0.6 is 0 Å². The summed E-state index contributed by atoms with van der Waals surface area (Å²) >= 11 is 0. The van der Waals surface area contributed by atoms with E-state index < -0.39 is 0 Å². The third-order valence-electron chi connectivity index (χ3n) is 2.73. The molecule has 1 saturated carbocycles.